The van der Waals surface area contributed by atoms with E-state index >= 15 is 0 Å². The number of hydrogen-bond acceptors (Lipinski definition) is 5. The van der Waals surface area contributed by atoms with Gasteiger partial charge in [0.15, 0.2) is 23.0 Å². The fourth-order valence-corrected chi connectivity index (χ4v) is 4.16. The SMILES string of the molecule is CC.CC/C=C1/C=C(OC)\C(O)=C/[C@@]2(C)c3c(cc(OC)c(OC)c31)CCN2C. The molecule has 1 aromatic rings. The van der Waals surface area contributed by atoms with Crippen LogP contribution in [0.15, 0.2) is 35.8 Å². The number of hydrogen-bond donors (Lipinski definition) is 1. The molecule has 0 saturated carbocycles. The van der Waals surface area contributed by atoms with Gasteiger partial charge in [-0.1, -0.05) is 26.8 Å². The van der Waals surface area contributed by atoms with Crippen LogP contribution in [-0.2, 0) is 16.7 Å². The molecule has 0 aromatic heterocycles. The second kappa shape index (κ2) is 9.40. The maximum absolute atomic E-state index is 10.8. The lowest BCUT2D eigenvalue weighted by molar-refractivity contribution is 0.163. The number of benzene rings is 1. The number of methoxy groups -OCH3 is 3. The summed E-state index contributed by atoms with van der Waals surface area (Å²) in [7, 11) is 6.98. The van der Waals surface area contributed by atoms with Crippen molar-refractivity contribution in [2.24, 2.45) is 0 Å². The monoisotopic (exact) mass is 401 g/mol. The Morgan fingerprint density at radius 3 is 2.41 bits per heavy atom. The first-order chi connectivity index (χ1) is 13.9. The molecule has 1 aliphatic heterocycles. The third-order valence-corrected chi connectivity index (χ3v) is 5.66. The minimum Gasteiger partial charge on any atom is -0.504 e. The standard InChI is InChI=1S/C22H29NO4.C2H6/c1-7-8-14-11-17(25-4)16(24)13-22(2)20-15(9-10-23(22)3)12-18(26-5)21(27-6)19(14)20;1-2/h8,11-13,24H,7,9-10H2,1-6H3;1-2H3/b14-8-,16-13+,17-11+;/t22-;/m0./s1. The molecule has 0 amide bonds. The number of aliphatic hydroxyl groups is 1. The Balaban J connectivity index is 0.00000145. The highest BCUT2D eigenvalue weighted by molar-refractivity contribution is 5.85. The molecule has 1 N–H and O–H groups in total. The zero-order valence-corrected chi connectivity index (χ0v) is 19.0. The molecule has 1 heterocycles. The summed E-state index contributed by atoms with van der Waals surface area (Å²) in [6.45, 7) is 9.09. The maximum Gasteiger partial charge on any atom is 0.168 e. The smallest absolute Gasteiger partial charge is 0.168 e. The summed E-state index contributed by atoms with van der Waals surface area (Å²) < 4.78 is 17.0. The Kier molecular flexibility index (Phi) is 7.42. The molecule has 0 radical (unpaired) electrons. The molecule has 0 bridgehead atoms. The Morgan fingerprint density at radius 1 is 1.17 bits per heavy atom. The first-order valence-electron chi connectivity index (χ1n) is 10.3. The van der Waals surface area contributed by atoms with Crippen LogP contribution >= 0.6 is 0 Å². The molecule has 1 aromatic carbocycles. The van der Waals surface area contributed by atoms with E-state index < -0.39 is 5.54 Å². The zero-order chi connectivity index (χ0) is 21.8. The molecule has 160 valence electrons. The van der Waals surface area contributed by atoms with E-state index in [2.05, 4.69) is 37.9 Å². The quantitative estimate of drug-likeness (QED) is 0.750. The molecule has 2 aliphatic rings. The first kappa shape index (κ1) is 22.9. The van der Waals surface area contributed by atoms with E-state index in [-0.39, 0.29) is 5.76 Å². The molecule has 1 aliphatic carbocycles. The molecule has 1 atom stereocenters. The topological polar surface area (TPSA) is 51.2 Å². The van der Waals surface area contributed by atoms with E-state index in [4.69, 9.17) is 14.2 Å². The summed E-state index contributed by atoms with van der Waals surface area (Å²) in [5.74, 6) is 2.01. The van der Waals surface area contributed by atoms with Crippen molar-refractivity contribution in [1.82, 2.24) is 4.90 Å². The van der Waals surface area contributed by atoms with Crippen LogP contribution in [-0.4, -0.2) is 44.9 Å². The van der Waals surface area contributed by atoms with E-state index in [0.29, 0.717) is 11.5 Å². The van der Waals surface area contributed by atoms with Gasteiger partial charge in [-0.05, 0) is 61.7 Å². The summed E-state index contributed by atoms with van der Waals surface area (Å²) in [4.78, 5) is 2.25. The zero-order valence-electron chi connectivity index (χ0n) is 19.0. The number of ether oxygens (including phenoxy) is 3. The molecule has 29 heavy (non-hydrogen) atoms. The molecular weight excluding hydrogens is 366 g/mol. The van der Waals surface area contributed by atoms with Crippen molar-refractivity contribution in [3.8, 4) is 11.5 Å². The molecular formula is C24H35NO4. The van der Waals surface area contributed by atoms with Crippen LogP contribution in [0.25, 0.3) is 5.57 Å². The Bertz CT molecular complexity index is 838. The normalized spacial score (nSPS) is 25.9. The average Bonchev–Trinajstić information content (AvgIpc) is 2.73. The summed E-state index contributed by atoms with van der Waals surface area (Å²) in [6, 6.07) is 2.07. The van der Waals surface area contributed by atoms with Crippen LogP contribution in [0.2, 0.25) is 0 Å². The lowest BCUT2D eigenvalue weighted by Gasteiger charge is -2.44. The van der Waals surface area contributed by atoms with E-state index in [1.165, 1.54) is 5.56 Å². The number of allylic oxidation sites excluding steroid dienone is 3. The molecule has 5 nitrogen and oxygen atoms in total. The van der Waals surface area contributed by atoms with Crippen molar-refractivity contribution < 1.29 is 19.3 Å². The highest BCUT2D eigenvalue weighted by Gasteiger charge is 2.41. The summed E-state index contributed by atoms with van der Waals surface area (Å²) >= 11 is 0. The lowest BCUT2D eigenvalue weighted by Crippen LogP contribution is -2.46. The minimum absolute atomic E-state index is 0.141. The van der Waals surface area contributed by atoms with Crippen molar-refractivity contribution in [3.63, 3.8) is 0 Å². The summed E-state index contributed by atoms with van der Waals surface area (Å²) in [5.41, 5.74) is 3.82. The van der Waals surface area contributed by atoms with Crippen LogP contribution in [0.4, 0.5) is 0 Å². The van der Waals surface area contributed by atoms with Gasteiger partial charge in [-0.15, -0.1) is 0 Å². The first-order valence-corrected chi connectivity index (χ1v) is 10.3. The van der Waals surface area contributed by atoms with Gasteiger partial charge in [0.1, 0.15) is 0 Å². The predicted octanol–water partition coefficient (Wildman–Crippen LogP) is 5.21. The van der Waals surface area contributed by atoms with Crippen molar-refractivity contribution in [2.75, 3.05) is 34.9 Å². The average molecular weight is 402 g/mol. The molecule has 0 spiro atoms. The van der Waals surface area contributed by atoms with Gasteiger partial charge in [0, 0.05) is 12.1 Å². The number of nitrogens with zero attached hydrogens (tertiary/aromatic N) is 1. The van der Waals surface area contributed by atoms with Crippen molar-refractivity contribution in [2.45, 2.75) is 46.1 Å². The van der Waals surface area contributed by atoms with Gasteiger partial charge < -0.3 is 19.3 Å². The summed E-state index contributed by atoms with van der Waals surface area (Å²) in [6.07, 6.45) is 7.63. The number of likely N-dealkylation sites (N-methyl/N-ethyl adjacent to an activating group) is 1. The van der Waals surface area contributed by atoms with E-state index in [1.807, 2.05) is 26.0 Å². The van der Waals surface area contributed by atoms with Gasteiger partial charge in [-0.2, -0.15) is 0 Å². The fourth-order valence-electron chi connectivity index (χ4n) is 4.16. The van der Waals surface area contributed by atoms with Gasteiger partial charge in [0.2, 0.25) is 0 Å². The van der Waals surface area contributed by atoms with Gasteiger partial charge in [-0.3, -0.25) is 4.90 Å². The Morgan fingerprint density at radius 2 is 1.86 bits per heavy atom. The number of rotatable bonds is 4. The van der Waals surface area contributed by atoms with Gasteiger partial charge >= 0.3 is 0 Å². The fraction of sp³-hybridized carbons (Fsp3) is 0.500. The van der Waals surface area contributed by atoms with Crippen LogP contribution in [0.1, 0.15) is 50.8 Å². The van der Waals surface area contributed by atoms with Crippen LogP contribution < -0.4 is 9.47 Å². The second-order valence-electron chi connectivity index (χ2n) is 7.15. The van der Waals surface area contributed by atoms with Crippen LogP contribution in [0.3, 0.4) is 0 Å². The predicted molar refractivity (Wildman–Crippen MR) is 119 cm³/mol. The minimum atomic E-state index is -0.503. The molecule has 0 saturated heterocycles. The lowest BCUT2D eigenvalue weighted by atomic mass is 9.75. The third kappa shape index (κ3) is 3.88. The van der Waals surface area contributed by atoms with E-state index in [9.17, 15) is 5.11 Å². The maximum atomic E-state index is 10.8. The number of aliphatic hydroxyl groups excluding tert-OH is 1. The second-order valence-corrected chi connectivity index (χ2v) is 7.15. The largest absolute Gasteiger partial charge is 0.504 e. The highest BCUT2D eigenvalue weighted by atomic mass is 16.5. The summed E-state index contributed by atoms with van der Waals surface area (Å²) in [5, 5.41) is 10.8. The van der Waals surface area contributed by atoms with E-state index in [1.54, 1.807) is 21.3 Å². The van der Waals surface area contributed by atoms with Crippen molar-refractivity contribution >= 4 is 5.57 Å². The molecule has 5 heteroatoms. The highest BCUT2D eigenvalue weighted by Crippen LogP contribution is 2.50. The Hall–Kier alpha value is -2.40. The van der Waals surface area contributed by atoms with Gasteiger partial charge in [0.05, 0.1) is 26.9 Å². The molecule has 3 rings (SSSR count). The van der Waals surface area contributed by atoms with Crippen LogP contribution in [0.5, 0.6) is 11.5 Å². The van der Waals surface area contributed by atoms with E-state index in [0.717, 1.165) is 41.8 Å². The molecule has 0 fully saturated rings. The molecule has 0 unspecified atom stereocenters. The van der Waals surface area contributed by atoms with Crippen molar-refractivity contribution in [1.29, 1.82) is 0 Å². The Labute approximate surface area is 175 Å². The third-order valence-electron chi connectivity index (χ3n) is 5.66. The van der Waals surface area contributed by atoms with Gasteiger partial charge in [0.25, 0.3) is 0 Å². The van der Waals surface area contributed by atoms with Crippen molar-refractivity contribution in [3.05, 3.63) is 52.5 Å². The van der Waals surface area contributed by atoms with Crippen LogP contribution in [0, 0.1) is 0 Å². The van der Waals surface area contributed by atoms with Gasteiger partial charge in [-0.25, -0.2) is 0 Å².